The Bertz CT molecular complexity index is 2640. The summed E-state index contributed by atoms with van der Waals surface area (Å²) in [7, 11) is 0. The van der Waals surface area contributed by atoms with E-state index in [0.29, 0.717) is 5.95 Å². The van der Waals surface area contributed by atoms with E-state index in [9.17, 15) is 0 Å². The van der Waals surface area contributed by atoms with Gasteiger partial charge in [0.25, 0.3) is 0 Å². The molecule has 0 amide bonds. The van der Waals surface area contributed by atoms with Crippen LogP contribution in [0.2, 0.25) is 0 Å². The van der Waals surface area contributed by atoms with Gasteiger partial charge in [-0.2, -0.15) is 0 Å². The zero-order chi connectivity index (χ0) is 33.0. The summed E-state index contributed by atoms with van der Waals surface area (Å²) in [5.74, 6) is 0.658. The van der Waals surface area contributed by atoms with Crippen molar-refractivity contribution < 1.29 is 0 Å². The lowest BCUT2D eigenvalue weighted by molar-refractivity contribution is 0.995. The van der Waals surface area contributed by atoms with Crippen LogP contribution in [0.1, 0.15) is 0 Å². The Morgan fingerprint density at radius 1 is 0.380 bits per heavy atom. The monoisotopic (exact) mass is 635 g/mol. The smallest absolute Gasteiger partial charge is 0.242 e. The largest absolute Gasteiger partial charge is 0.278 e. The Morgan fingerprint density at radius 3 is 1.68 bits per heavy atom. The first-order valence-electron chi connectivity index (χ1n) is 17.1. The van der Waals surface area contributed by atoms with Crippen LogP contribution in [0.15, 0.2) is 182 Å². The molecule has 3 heterocycles. The molecule has 0 saturated carbocycles. The summed E-state index contributed by atoms with van der Waals surface area (Å²) in [5.41, 5.74) is 15.2. The number of hydrogen-bond donors (Lipinski definition) is 0. The Hall–Kier alpha value is -6.52. The van der Waals surface area contributed by atoms with Crippen LogP contribution < -0.4 is 16.4 Å². The van der Waals surface area contributed by atoms with E-state index in [1.807, 2.05) is 12.1 Å². The van der Waals surface area contributed by atoms with Gasteiger partial charge in [0.1, 0.15) is 0 Å². The van der Waals surface area contributed by atoms with Crippen LogP contribution in [0, 0.1) is 0 Å². The summed E-state index contributed by atoms with van der Waals surface area (Å²) in [5, 5.41) is 2.35. The van der Waals surface area contributed by atoms with Gasteiger partial charge >= 0.3 is 0 Å². The second kappa shape index (κ2) is 11.6. The number of nitrogens with zero attached hydrogens (tertiary/aromatic N) is 3. The van der Waals surface area contributed by atoms with E-state index in [1.54, 1.807) is 0 Å². The van der Waals surface area contributed by atoms with Crippen LogP contribution in [0.5, 0.6) is 0 Å². The molecule has 0 bridgehead atoms. The number of para-hydroxylation sites is 1. The molecule has 0 fully saturated rings. The Morgan fingerprint density at radius 2 is 0.940 bits per heavy atom. The fraction of sp³-hybridized carbons (Fsp3) is 0. The summed E-state index contributed by atoms with van der Waals surface area (Å²) < 4.78 is 2.22. The van der Waals surface area contributed by atoms with E-state index in [-0.39, 0.29) is 6.71 Å². The third-order valence-electron chi connectivity index (χ3n) is 10.1. The SMILES string of the molecule is c1ccc(B2c3ccccc3-c3cc(-c4ccc5c(c4)c4ccccc4n5-c4nc(-c5ccccc5)cc(-c5ccccc5)n4)ccc32)cc1. The Labute approximate surface area is 291 Å². The van der Waals surface area contributed by atoms with Gasteiger partial charge in [-0.3, -0.25) is 4.57 Å². The Balaban J connectivity index is 1.14. The molecule has 0 aliphatic carbocycles. The second-order valence-corrected chi connectivity index (χ2v) is 13.0. The first-order chi connectivity index (χ1) is 24.8. The third kappa shape index (κ3) is 4.61. The maximum Gasteiger partial charge on any atom is 0.242 e. The van der Waals surface area contributed by atoms with Crippen LogP contribution in [0.25, 0.3) is 72.5 Å². The first-order valence-corrected chi connectivity index (χ1v) is 17.1. The number of rotatable bonds is 5. The van der Waals surface area contributed by atoms with Gasteiger partial charge in [0.15, 0.2) is 0 Å². The van der Waals surface area contributed by atoms with Gasteiger partial charge < -0.3 is 0 Å². The predicted molar refractivity (Wildman–Crippen MR) is 209 cm³/mol. The van der Waals surface area contributed by atoms with Crippen molar-refractivity contribution in [3.8, 4) is 50.7 Å². The Kier molecular flexibility index (Phi) is 6.60. The van der Waals surface area contributed by atoms with Crippen LogP contribution >= 0.6 is 0 Å². The van der Waals surface area contributed by atoms with Crippen LogP contribution in [0.3, 0.4) is 0 Å². The van der Waals surface area contributed by atoms with Crippen molar-refractivity contribution in [2.24, 2.45) is 0 Å². The minimum atomic E-state index is 0.240. The lowest BCUT2D eigenvalue weighted by Crippen LogP contribution is -2.48. The number of aromatic nitrogens is 3. The van der Waals surface area contributed by atoms with Crippen LogP contribution in [-0.4, -0.2) is 21.2 Å². The molecule has 0 spiro atoms. The van der Waals surface area contributed by atoms with E-state index in [0.717, 1.165) is 33.5 Å². The molecule has 232 valence electrons. The highest BCUT2D eigenvalue weighted by Gasteiger charge is 2.33. The fourth-order valence-electron chi connectivity index (χ4n) is 7.80. The normalized spacial score (nSPS) is 12.0. The van der Waals surface area contributed by atoms with Crippen molar-refractivity contribution in [1.29, 1.82) is 0 Å². The number of benzene rings is 7. The summed E-state index contributed by atoms with van der Waals surface area (Å²) >= 11 is 0. The highest BCUT2D eigenvalue weighted by atomic mass is 15.2. The van der Waals surface area contributed by atoms with Crippen molar-refractivity contribution in [1.82, 2.24) is 14.5 Å². The maximum atomic E-state index is 5.20. The van der Waals surface area contributed by atoms with Crippen molar-refractivity contribution in [2.75, 3.05) is 0 Å². The van der Waals surface area contributed by atoms with E-state index in [1.165, 1.54) is 49.4 Å². The molecule has 0 radical (unpaired) electrons. The van der Waals surface area contributed by atoms with Gasteiger partial charge in [-0.05, 0) is 52.6 Å². The van der Waals surface area contributed by atoms with Gasteiger partial charge in [0, 0.05) is 21.9 Å². The van der Waals surface area contributed by atoms with Gasteiger partial charge in [0.05, 0.1) is 22.4 Å². The molecule has 1 aliphatic heterocycles. The molecular formula is C46H30BN3. The first kappa shape index (κ1) is 28.5. The molecule has 2 aromatic heterocycles. The van der Waals surface area contributed by atoms with Gasteiger partial charge in [0.2, 0.25) is 12.7 Å². The van der Waals surface area contributed by atoms with Crippen molar-refractivity contribution in [3.05, 3.63) is 182 Å². The zero-order valence-corrected chi connectivity index (χ0v) is 27.2. The van der Waals surface area contributed by atoms with Gasteiger partial charge in [-0.15, -0.1) is 0 Å². The van der Waals surface area contributed by atoms with Crippen molar-refractivity contribution >= 4 is 44.9 Å². The topological polar surface area (TPSA) is 30.7 Å². The molecule has 0 atom stereocenters. The zero-order valence-electron chi connectivity index (χ0n) is 27.2. The minimum Gasteiger partial charge on any atom is -0.278 e. The molecule has 50 heavy (non-hydrogen) atoms. The summed E-state index contributed by atoms with van der Waals surface area (Å²) in [6, 6.07) is 65.0. The number of hydrogen-bond acceptors (Lipinski definition) is 2. The minimum absolute atomic E-state index is 0.240. The van der Waals surface area contributed by atoms with Gasteiger partial charge in [-0.25, -0.2) is 9.97 Å². The van der Waals surface area contributed by atoms with Crippen LogP contribution in [0.4, 0.5) is 0 Å². The highest BCUT2D eigenvalue weighted by Crippen LogP contribution is 2.36. The van der Waals surface area contributed by atoms with Crippen molar-refractivity contribution in [3.63, 3.8) is 0 Å². The lowest BCUT2D eigenvalue weighted by atomic mass is 9.39. The third-order valence-corrected chi connectivity index (χ3v) is 10.1. The lowest BCUT2D eigenvalue weighted by Gasteiger charge is -2.12. The van der Waals surface area contributed by atoms with Gasteiger partial charge in [-0.1, -0.05) is 168 Å². The summed E-state index contributed by atoms with van der Waals surface area (Å²) in [4.78, 5) is 10.4. The molecule has 0 saturated heterocycles. The number of fused-ring (bicyclic) bond motifs is 6. The second-order valence-electron chi connectivity index (χ2n) is 13.0. The molecule has 0 unspecified atom stereocenters. The molecule has 4 heteroatoms. The molecule has 3 nitrogen and oxygen atoms in total. The summed E-state index contributed by atoms with van der Waals surface area (Å²) in [6.45, 7) is 0.240. The predicted octanol–water partition coefficient (Wildman–Crippen LogP) is 9.07. The van der Waals surface area contributed by atoms with E-state index >= 15 is 0 Å². The maximum absolute atomic E-state index is 5.20. The van der Waals surface area contributed by atoms with E-state index < -0.39 is 0 Å². The van der Waals surface area contributed by atoms with E-state index in [2.05, 4.69) is 174 Å². The average molecular weight is 636 g/mol. The molecule has 9 aromatic rings. The highest BCUT2D eigenvalue weighted by molar-refractivity contribution is 6.99. The molecule has 0 N–H and O–H groups in total. The standard InChI is InChI=1S/C46H30BN3/c1-4-14-31(15-5-1)42-30-43(32-16-6-2-7-17-32)49-46(48-42)50-44-23-13-11-21-37(44)39-29-34(25-27-45(39)50)33-24-26-41-38(28-33)36-20-10-12-22-40(36)47(41)35-18-8-3-9-19-35/h1-30H. The van der Waals surface area contributed by atoms with E-state index in [4.69, 9.17) is 9.97 Å². The van der Waals surface area contributed by atoms with Crippen molar-refractivity contribution in [2.45, 2.75) is 0 Å². The van der Waals surface area contributed by atoms with Crippen LogP contribution in [-0.2, 0) is 0 Å². The molecule has 1 aliphatic rings. The fourth-order valence-corrected chi connectivity index (χ4v) is 7.80. The molecular weight excluding hydrogens is 605 g/mol. The summed E-state index contributed by atoms with van der Waals surface area (Å²) in [6.07, 6.45) is 0. The molecule has 10 rings (SSSR count). The average Bonchev–Trinajstić information content (AvgIpc) is 3.71. The quantitative estimate of drug-likeness (QED) is 0.177. The molecule has 7 aromatic carbocycles.